The maximum atomic E-state index is 13.8. The molecule has 0 spiro atoms. The Morgan fingerprint density at radius 2 is 1.82 bits per heavy atom. The van der Waals surface area contributed by atoms with Crippen LogP contribution in [0.25, 0.3) is 0 Å². The average molecular weight is 834 g/mol. The van der Waals surface area contributed by atoms with Gasteiger partial charge in [-0.1, -0.05) is 5.16 Å². The number of nitrogens with two attached hydrogens (primary N) is 1. The molecule has 1 aromatic heterocycles. The predicted molar refractivity (Wildman–Crippen MR) is 193 cm³/mol. The second-order valence-electron chi connectivity index (χ2n) is 14.2. The minimum Gasteiger partial charge on any atom is -0.543 e. The third kappa shape index (κ3) is 8.07. The molecule has 6 rings (SSSR count). The standard InChI is InChI=1S/C34H36FN7O13S2/c1-42(16-2-3-17(42)5-13(4-16)9-37-29(49)26(46)14-6-18(35)27(47)20(43)7-14)10-15-11-56-31-24(30(50)41(31)25(15)33(53)54)39-28(48)23(19-12-57-34(36)38-19)40-55-21(32(51)52)8-22(44)45/h6-7,12-13,16-17,21,24,31H,2-5,8-11H2,1H3,(H8-,36,37,38,39,40,43,44,45,46,47,48,49,51,52,53,54)/t13?,16-,17+,21-,24+,31+,42?/m0/s1. The van der Waals surface area contributed by atoms with Crippen molar-refractivity contribution in [2.24, 2.45) is 11.1 Å². The van der Waals surface area contributed by atoms with Crippen LogP contribution < -0.4 is 21.5 Å². The smallest absolute Gasteiger partial charge is 0.348 e. The molecule has 0 radical (unpaired) electrons. The lowest BCUT2D eigenvalue weighted by Crippen LogP contribution is -2.72. The number of amides is 3. The van der Waals surface area contributed by atoms with Crippen LogP contribution in [0.15, 0.2) is 33.9 Å². The zero-order chi connectivity index (χ0) is 41.5. The summed E-state index contributed by atoms with van der Waals surface area (Å²) in [5.41, 5.74) is 4.67. The number of hydrogen-bond donors (Lipinski definition) is 7. The minimum absolute atomic E-state index is 0.0106. The minimum atomic E-state index is -1.96. The van der Waals surface area contributed by atoms with Gasteiger partial charge in [0.05, 0.1) is 37.2 Å². The van der Waals surface area contributed by atoms with Gasteiger partial charge in [0, 0.05) is 54.5 Å². The molecule has 2 bridgehead atoms. The van der Waals surface area contributed by atoms with E-state index in [-0.39, 0.29) is 53.4 Å². The van der Waals surface area contributed by atoms with Crippen LogP contribution in [0.3, 0.4) is 0 Å². The van der Waals surface area contributed by atoms with Crippen molar-refractivity contribution >= 4 is 75.4 Å². The number of aromatic hydroxyl groups is 2. The van der Waals surface area contributed by atoms with Crippen LogP contribution in [0.5, 0.6) is 11.5 Å². The number of rotatable bonds is 15. The van der Waals surface area contributed by atoms with E-state index in [1.807, 2.05) is 7.05 Å². The summed E-state index contributed by atoms with van der Waals surface area (Å²) in [6, 6.07) is 0.287. The van der Waals surface area contributed by atoms with Crippen LogP contribution in [0.4, 0.5) is 9.52 Å². The Morgan fingerprint density at radius 1 is 1.14 bits per heavy atom. The molecule has 3 amide bonds. The van der Waals surface area contributed by atoms with Crippen molar-refractivity contribution in [2.75, 3.05) is 31.6 Å². The fourth-order valence-corrected chi connectivity index (χ4v) is 9.79. The first-order valence-corrected chi connectivity index (χ1v) is 19.3. The number of oxime groups is 1. The first-order chi connectivity index (χ1) is 26.9. The molecule has 57 heavy (non-hydrogen) atoms. The number of phenolic OH excluding ortho intramolecular Hbond substituents is 2. The Kier molecular flexibility index (Phi) is 11.4. The van der Waals surface area contributed by atoms with Crippen LogP contribution in [0, 0.1) is 11.7 Å². The number of halogens is 1. The number of β-lactam (4-membered cyclic amide) rings is 1. The molecule has 4 aliphatic rings. The zero-order valence-corrected chi connectivity index (χ0v) is 31.5. The molecule has 20 nitrogen and oxygen atoms in total. The van der Waals surface area contributed by atoms with Gasteiger partial charge in [0.2, 0.25) is 11.9 Å². The van der Waals surface area contributed by atoms with Gasteiger partial charge in [-0.25, -0.2) is 14.2 Å². The lowest BCUT2D eigenvalue weighted by molar-refractivity contribution is -0.945. The summed E-state index contributed by atoms with van der Waals surface area (Å²) in [6.45, 7) is 0.411. The summed E-state index contributed by atoms with van der Waals surface area (Å²) in [5, 5.41) is 59.1. The lowest BCUT2D eigenvalue weighted by Gasteiger charge is -2.53. The number of anilines is 1. The molecule has 5 heterocycles. The predicted octanol–water partition coefficient (Wildman–Crippen LogP) is -1.29. The van der Waals surface area contributed by atoms with Crippen LogP contribution in [0.2, 0.25) is 0 Å². The number of aromatic nitrogens is 1. The number of benzene rings is 1. The van der Waals surface area contributed by atoms with E-state index in [1.165, 1.54) is 17.1 Å². The van der Waals surface area contributed by atoms with Crippen molar-refractivity contribution in [2.45, 2.75) is 61.7 Å². The average Bonchev–Trinajstić information content (AvgIpc) is 3.61. The van der Waals surface area contributed by atoms with Gasteiger partial charge in [-0.15, -0.1) is 23.1 Å². The number of thioether (sulfide) groups is 1. The largest absolute Gasteiger partial charge is 0.543 e. The molecule has 0 saturated carbocycles. The molecule has 304 valence electrons. The third-order valence-corrected chi connectivity index (χ3v) is 12.7. The molecule has 2 aromatic rings. The molecule has 2 unspecified atom stereocenters. The van der Waals surface area contributed by atoms with Gasteiger partial charge in [-0.3, -0.25) is 28.9 Å². The van der Waals surface area contributed by atoms with Crippen molar-refractivity contribution in [3.05, 3.63) is 45.9 Å². The number of carbonyl (C=O) groups is 7. The Morgan fingerprint density at radius 3 is 2.40 bits per heavy atom. The fourth-order valence-electron chi connectivity index (χ4n) is 7.90. The van der Waals surface area contributed by atoms with Crippen molar-refractivity contribution in [3.63, 3.8) is 0 Å². The van der Waals surface area contributed by atoms with Crippen LogP contribution in [-0.4, -0.2) is 137 Å². The van der Waals surface area contributed by atoms with Crippen molar-refractivity contribution < 1.29 is 72.8 Å². The van der Waals surface area contributed by atoms with E-state index in [4.69, 9.17) is 15.7 Å². The van der Waals surface area contributed by atoms with Gasteiger partial charge in [0.1, 0.15) is 23.7 Å². The first-order valence-electron chi connectivity index (χ1n) is 17.4. The monoisotopic (exact) mass is 833 g/mol. The number of ketones is 1. The van der Waals surface area contributed by atoms with E-state index in [0.29, 0.717) is 29.0 Å². The normalized spacial score (nSPS) is 25.9. The highest BCUT2D eigenvalue weighted by molar-refractivity contribution is 8.00. The number of carboxylic acid groups (broad SMARTS) is 3. The zero-order valence-electron chi connectivity index (χ0n) is 29.9. The summed E-state index contributed by atoms with van der Waals surface area (Å²) in [7, 11) is 2.00. The van der Waals surface area contributed by atoms with E-state index in [0.717, 1.165) is 35.1 Å². The third-order valence-electron chi connectivity index (χ3n) is 10.7. The molecule has 3 saturated heterocycles. The number of thiazole rings is 1. The second-order valence-corrected chi connectivity index (χ2v) is 16.2. The number of fused-ring (bicyclic) bond motifs is 3. The number of phenols is 2. The first kappa shape index (κ1) is 40.8. The molecule has 0 aliphatic carbocycles. The summed E-state index contributed by atoms with van der Waals surface area (Å²) in [5.74, 6) is -11.7. The highest BCUT2D eigenvalue weighted by atomic mass is 32.2. The number of carbonyl (C=O) groups excluding carboxylic acids is 5. The number of likely N-dealkylation sites (N-methyl/N-ethyl adjacent to an activating group) is 1. The van der Waals surface area contributed by atoms with Gasteiger partial charge in [-0.2, -0.15) is 0 Å². The SMILES string of the molecule is C[N+]1(CC2=C(C(=O)[O-])N3C(=O)[C@@H](NC(=O)/C(=N\O[C@@H](CC(=O)O)C(=O)O)c4csc(N)n4)[C@H]3SC2)[C@@H]2CC[C@H]1CC(CNC(=O)C(=O)c1cc(O)c(O)c(F)c1)C2. The Bertz CT molecular complexity index is 2090. The van der Waals surface area contributed by atoms with E-state index >= 15 is 0 Å². The topological polar surface area (TPSA) is 311 Å². The summed E-state index contributed by atoms with van der Waals surface area (Å²) in [4.78, 5) is 97.2. The van der Waals surface area contributed by atoms with Crippen molar-refractivity contribution in [3.8, 4) is 11.5 Å². The van der Waals surface area contributed by atoms with Crippen LogP contribution in [0.1, 0.15) is 48.2 Å². The molecule has 1 aromatic carbocycles. The van der Waals surface area contributed by atoms with E-state index in [2.05, 4.69) is 20.8 Å². The second kappa shape index (κ2) is 16.0. The van der Waals surface area contributed by atoms with Crippen LogP contribution in [-0.2, 0) is 33.6 Å². The maximum Gasteiger partial charge on any atom is 0.348 e. The van der Waals surface area contributed by atoms with E-state index in [1.54, 1.807) is 0 Å². The Balaban J connectivity index is 1.11. The number of nitrogens with zero attached hydrogens (tertiary/aromatic N) is 4. The van der Waals surface area contributed by atoms with Gasteiger partial charge < -0.3 is 56.0 Å². The highest BCUT2D eigenvalue weighted by Gasteiger charge is 2.56. The number of hydrogen-bond acceptors (Lipinski definition) is 16. The van der Waals surface area contributed by atoms with Gasteiger partial charge in [0.15, 0.2) is 28.2 Å². The maximum absolute atomic E-state index is 13.8. The molecular formula is C34H36FN7O13S2. The lowest BCUT2D eigenvalue weighted by atomic mass is 9.87. The van der Waals surface area contributed by atoms with Crippen LogP contribution >= 0.6 is 23.1 Å². The van der Waals surface area contributed by atoms with Crippen molar-refractivity contribution in [1.29, 1.82) is 0 Å². The summed E-state index contributed by atoms with van der Waals surface area (Å²) >= 11 is 2.13. The Labute approximate surface area is 329 Å². The van der Waals surface area contributed by atoms with E-state index < -0.39 is 93.9 Å². The number of aliphatic carboxylic acids is 3. The molecule has 3 fully saturated rings. The van der Waals surface area contributed by atoms with E-state index in [9.17, 15) is 58.4 Å². The van der Waals surface area contributed by atoms with Gasteiger partial charge >= 0.3 is 11.9 Å². The van der Waals surface area contributed by atoms with Gasteiger partial charge in [0.25, 0.3) is 17.7 Å². The van der Waals surface area contributed by atoms with Crippen molar-refractivity contribution in [1.82, 2.24) is 20.5 Å². The molecule has 4 aliphatic heterocycles. The number of nitrogen functional groups attached to an aromatic ring is 1. The highest BCUT2D eigenvalue weighted by Crippen LogP contribution is 2.47. The molecule has 23 heteroatoms. The fraction of sp³-hybridized carbons (Fsp3) is 0.441. The number of Topliss-reactive ketones (excluding diaryl/α,β-unsaturated/α-hetero) is 1. The Hall–Kier alpha value is -5.81. The number of piperidine rings is 1. The quantitative estimate of drug-likeness (QED) is 0.0209. The number of quaternary nitrogens is 1. The van der Waals surface area contributed by atoms with Gasteiger partial charge in [-0.05, 0) is 18.1 Å². The summed E-state index contributed by atoms with van der Waals surface area (Å²) in [6.07, 6.45) is -0.0908. The number of nitrogens with one attached hydrogen (secondary N) is 2. The molecular weight excluding hydrogens is 798 g/mol. The molecule has 7 atom stereocenters. The summed E-state index contributed by atoms with van der Waals surface area (Å²) < 4.78 is 14.3. The molecule has 8 N–H and O–H groups in total. The number of carboxylic acids is 3.